The average Bonchev–Trinajstić information content (AvgIpc) is 3.34. The van der Waals surface area contributed by atoms with Gasteiger partial charge >= 0.3 is 6.18 Å². The number of pyridine rings is 1. The van der Waals surface area contributed by atoms with Crippen molar-refractivity contribution in [1.29, 1.82) is 0 Å². The van der Waals surface area contributed by atoms with E-state index < -0.39 is 42.7 Å². The molecule has 1 aromatic carbocycles. The maximum absolute atomic E-state index is 13.1. The average molecular weight is 567 g/mol. The zero-order chi connectivity index (χ0) is 28.0. The minimum Gasteiger partial charge on any atom is -0.451 e. The SMILES string of the molecule is O=C(N[C@@H](Cc1ccccn1)C(=O)NCC(=O)N1CCC(OCC(F)(F)F)CC1)c1cc2cc(Cl)ccc2o1. The van der Waals surface area contributed by atoms with Crippen LogP contribution >= 0.6 is 11.6 Å². The number of likely N-dealkylation sites (tertiary alicyclic amines) is 1. The van der Waals surface area contributed by atoms with Crippen LogP contribution in [0.3, 0.4) is 0 Å². The molecule has 3 heterocycles. The summed E-state index contributed by atoms with van der Waals surface area (Å²) < 4.78 is 47.5. The van der Waals surface area contributed by atoms with E-state index in [0.717, 1.165) is 0 Å². The summed E-state index contributed by atoms with van der Waals surface area (Å²) in [5, 5.41) is 6.29. The summed E-state index contributed by atoms with van der Waals surface area (Å²) in [6, 6.07) is 10.5. The number of fused-ring (bicyclic) bond motifs is 1. The Morgan fingerprint density at radius 3 is 2.62 bits per heavy atom. The van der Waals surface area contributed by atoms with Gasteiger partial charge < -0.3 is 24.7 Å². The van der Waals surface area contributed by atoms with Gasteiger partial charge in [0.05, 0.1) is 12.6 Å². The number of carbonyl (C=O) groups is 3. The van der Waals surface area contributed by atoms with Gasteiger partial charge in [0, 0.05) is 41.8 Å². The van der Waals surface area contributed by atoms with Crippen molar-refractivity contribution in [3.8, 4) is 0 Å². The van der Waals surface area contributed by atoms with Crippen LogP contribution in [0.1, 0.15) is 29.1 Å². The van der Waals surface area contributed by atoms with Crippen LogP contribution in [-0.2, 0) is 20.7 Å². The summed E-state index contributed by atoms with van der Waals surface area (Å²) in [5.74, 6) is -1.65. The largest absolute Gasteiger partial charge is 0.451 e. The Balaban J connectivity index is 1.35. The monoisotopic (exact) mass is 566 g/mol. The molecule has 0 aliphatic carbocycles. The van der Waals surface area contributed by atoms with Crippen LogP contribution in [0, 0.1) is 0 Å². The quantitative estimate of drug-likeness (QED) is 0.410. The van der Waals surface area contributed by atoms with E-state index in [1.807, 2.05) is 0 Å². The summed E-state index contributed by atoms with van der Waals surface area (Å²) in [4.78, 5) is 44.3. The lowest BCUT2D eigenvalue weighted by molar-refractivity contribution is -0.189. The number of nitrogens with one attached hydrogen (secondary N) is 2. The first-order valence-electron chi connectivity index (χ1n) is 12.2. The highest BCUT2D eigenvalue weighted by molar-refractivity contribution is 6.31. The number of aromatic nitrogens is 1. The Kier molecular flexibility index (Phi) is 9.08. The second kappa shape index (κ2) is 12.5. The molecule has 3 amide bonds. The van der Waals surface area contributed by atoms with E-state index in [2.05, 4.69) is 15.6 Å². The van der Waals surface area contributed by atoms with Crippen molar-refractivity contribution in [3.63, 3.8) is 0 Å². The third-order valence-corrected chi connectivity index (χ3v) is 6.39. The molecule has 9 nitrogen and oxygen atoms in total. The molecule has 0 saturated carbocycles. The number of amides is 3. The normalized spacial score (nSPS) is 15.2. The molecular weight excluding hydrogens is 541 g/mol. The Hall–Kier alpha value is -3.64. The van der Waals surface area contributed by atoms with Gasteiger partial charge in [-0.2, -0.15) is 13.2 Å². The summed E-state index contributed by atoms with van der Waals surface area (Å²) in [6.07, 6.45) is -2.86. The summed E-state index contributed by atoms with van der Waals surface area (Å²) in [7, 11) is 0. The molecule has 0 unspecified atom stereocenters. The third-order valence-electron chi connectivity index (χ3n) is 6.15. The van der Waals surface area contributed by atoms with Crippen LogP contribution < -0.4 is 10.6 Å². The number of hydrogen-bond acceptors (Lipinski definition) is 6. The van der Waals surface area contributed by atoms with E-state index >= 15 is 0 Å². The smallest absolute Gasteiger partial charge is 0.411 e. The Morgan fingerprint density at radius 2 is 1.92 bits per heavy atom. The fourth-order valence-electron chi connectivity index (χ4n) is 4.17. The fraction of sp³-hybridized carbons (Fsp3) is 0.385. The van der Waals surface area contributed by atoms with Crippen molar-refractivity contribution in [2.24, 2.45) is 0 Å². The van der Waals surface area contributed by atoms with Crippen LogP contribution in [0.4, 0.5) is 13.2 Å². The number of carbonyl (C=O) groups excluding carboxylic acids is 3. The van der Waals surface area contributed by atoms with E-state index in [1.165, 1.54) is 11.0 Å². The van der Waals surface area contributed by atoms with Crippen molar-refractivity contribution in [1.82, 2.24) is 20.5 Å². The summed E-state index contributed by atoms with van der Waals surface area (Å²) in [5.41, 5.74) is 0.995. The molecule has 208 valence electrons. The van der Waals surface area contributed by atoms with Gasteiger partial charge in [0.25, 0.3) is 5.91 Å². The van der Waals surface area contributed by atoms with Crippen molar-refractivity contribution in [2.75, 3.05) is 26.2 Å². The number of piperidine rings is 1. The molecule has 1 aliphatic heterocycles. The highest BCUT2D eigenvalue weighted by atomic mass is 35.5. The van der Waals surface area contributed by atoms with Crippen molar-refractivity contribution >= 4 is 40.3 Å². The van der Waals surface area contributed by atoms with E-state index in [9.17, 15) is 27.6 Å². The molecule has 1 saturated heterocycles. The maximum atomic E-state index is 13.1. The van der Waals surface area contributed by atoms with Gasteiger partial charge in [-0.25, -0.2) is 0 Å². The molecule has 1 aliphatic rings. The lowest BCUT2D eigenvalue weighted by atomic mass is 10.1. The maximum Gasteiger partial charge on any atom is 0.411 e. The molecule has 3 aromatic rings. The van der Waals surface area contributed by atoms with Gasteiger partial charge in [0.1, 0.15) is 18.2 Å². The number of nitrogens with zero attached hydrogens (tertiary/aromatic N) is 2. The lowest BCUT2D eigenvalue weighted by Crippen LogP contribution is -2.51. The number of alkyl halides is 3. The van der Waals surface area contributed by atoms with Crippen LogP contribution in [0.25, 0.3) is 11.0 Å². The number of hydrogen-bond donors (Lipinski definition) is 2. The van der Waals surface area contributed by atoms with Crippen molar-refractivity contribution in [3.05, 3.63) is 65.1 Å². The number of furan rings is 1. The van der Waals surface area contributed by atoms with Gasteiger partial charge in [0.2, 0.25) is 11.8 Å². The first-order valence-corrected chi connectivity index (χ1v) is 12.6. The molecule has 1 fully saturated rings. The van der Waals surface area contributed by atoms with E-state index in [0.29, 0.717) is 21.7 Å². The van der Waals surface area contributed by atoms with E-state index in [1.54, 1.807) is 42.6 Å². The van der Waals surface area contributed by atoms with Gasteiger partial charge in [-0.3, -0.25) is 19.4 Å². The molecule has 1 atom stereocenters. The molecule has 39 heavy (non-hydrogen) atoms. The summed E-state index contributed by atoms with van der Waals surface area (Å²) in [6.45, 7) is -1.25. The minimum absolute atomic E-state index is 0.0159. The van der Waals surface area contributed by atoms with Gasteiger partial charge in [-0.1, -0.05) is 17.7 Å². The molecular formula is C26H26ClF3N4O5. The predicted molar refractivity (Wildman–Crippen MR) is 135 cm³/mol. The molecule has 4 rings (SSSR count). The Morgan fingerprint density at radius 1 is 1.15 bits per heavy atom. The van der Waals surface area contributed by atoms with Gasteiger partial charge in [-0.15, -0.1) is 0 Å². The molecule has 0 spiro atoms. The number of halogens is 4. The van der Waals surface area contributed by atoms with Crippen LogP contribution in [0.5, 0.6) is 0 Å². The lowest BCUT2D eigenvalue weighted by Gasteiger charge is -2.32. The first-order chi connectivity index (χ1) is 18.6. The number of benzene rings is 1. The van der Waals surface area contributed by atoms with Crippen LogP contribution in [0.15, 0.2) is 53.1 Å². The zero-order valence-electron chi connectivity index (χ0n) is 20.7. The fourth-order valence-corrected chi connectivity index (χ4v) is 4.36. The topological polar surface area (TPSA) is 114 Å². The highest BCUT2D eigenvalue weighted by Crippen LogP contribution is 2.23. The van der Waals surface area contributed by atoms with E-state index in [4.69, 9.17) is 20.8 Å². The number of ether oxygens (including phenoxy) is 1. The summed E-state index contributed by atoms with van der Waals surface area (Å²) >= 11 is 6.00. The van der Waals surface area contributed by atoms with Crippen molar-refractivity contribution < 1.29 is 36.7 Å². The number of rotatable bonds is 9. The van der Waals surface area contributed by atoms with Crippen LogP contribution in [0.2, 0.25) is 5.02 Å². The second-order valence-electron chi connectivity index (χ2n) is 9.07. The standard InChI is InChI=1S/C26H26ClF3N4O5/c27-17-4-5-21-16(11-17)12-22(39-21)25(37)33-20(13-18-3-1-2-8-31-18)24(36)32-14-23(35)34-9-6-19(7-10-34)38-15-26(28,29)30/h1-5,8,11-12,19-20H,6-7,9-10,13-15H2,(H,32,36)(H,33,37)/t20-/m0/s1. The minimum atomic E-state index is -4.41. The molecule has 2 aromatic heterocycles. The van der Waals surface area contributed by atoms with Crippen LogP contribution in [-0.4, -0.2) is 72.2 Å². The molecule has 2 N–H and O–H groups in total. The second-order valence-corrected chi connectivity index (χ2v) is 9.50. The van der Waals surface area contributed by atoms with Gasteiger partial charge in [-0.05, 0) is 49.2 Å². The zero-order valence-corrected chi connectivity index (χ0v) is 21.4. The Labute approximate surface area is 226 Å². The van der Waals surface area contributed by atoms with E-state index in [-0.39, 0.29) is 44.7 Å². The predicted octanol–water partition coefficient (Wildman–Crippen LogP) is 3.51. The third kappa shape index (κ3) is 8.17. The first kappa shape index (κ1) is 28.4. The van der Waals surface area contributed by atoms with Crippen molar-refractivity contribution in [2.45, 2.75) is 37.6 Å². The molecule has 0 radical (unpaired) electrons. The molecule has 0 bridgehead atoms. The van der Waals surface area contributed by atoms with Gasteiger partial charge in [0.15, 0.2) is 5.76 Å². The highest BCUT2D eigenvalue weighted by Gasteiger charge is 2.31. The molecule has 13 heteroatoms. The Bertz CT molecular complexity index is 1310.